The first kappa shape index (κ1) is 19.3. The summed E-state index contributed by atoms with van der Waals surface area (Å²) in [5.74, 6) is 0.828. The zero-order chi connectivity index (χ0) is 19.4. The van der Waals surface area contributed by atoms with Crippen molar-refractivity contribution in [1.29, 1.82) is 0 Å². The van der Waals surface area contributed by atoms with E-state index < -0.39 is 0 Å². The number of oxazole rings is 1. The fourth-order valence-electron chi connectivity index (χ4n) is 2.62. The van der Waals surface area contributed by atoms with Gasteiger partial charge in [0, 0.05) is 23.6 Å². The van der Waals surface area contributed by atoms with E-state index in [2.05, 4.69) is 15.6 Å². The van der Waals surface area contributed by atoms with Crippen molar-refractivity contribution in [2.75, 3.05) is 5.32 Å². The van der Waals surface area contributed by atoms with E-state index in [1.807, 2.05) is 44.2 Å². The summed E-state index contributed by atoms with van der Waals surface area (Å²) in [6.07, 6.45) is 1.01. The van der Waals surface area contributed by atoms with Crippen molar-refractivity contribution in [1.82, 2.24) is 10.3 Å². The molecule has 0 saturated heterocycles. The van der Waals surface area contributed by atoms with Gasteiger partial charge in [-0.25, -0.2) is 4.98 Å². The molecule has 1 amide bonds. The molecule has 0 atom stereocenters. The number of halogens is 1. The minimum Gasteiger partial charge on any atom is -0.440 e. The van der Waals surface area contributed by atoms with Crippen molar-refractivity contribution in [2.45, 2.75) is 26.7 Å². The number of nitrogens with one attached hydrogen (secondary N) is 2. The number of anilines is 1. The Morgan fingerprint density at radius 3 is 2.67 bits per heavy atom. The first-order valence-corrected chi connectivity index (χ1v) is 9.42. The van der Waals surface area contributed by atoms with Crippen LogP contribution in [0.15, 0.2) is 46.9 Å². The number of rotatable bonds is 5. The molecule has 140 valence electrons. The third kappa shape index (κ3) is 5.52. The van der Waals surface area contributed by atoms with Gasteiger partial charge in [0.25, 0.3) is 0 Å². The number of thiocarbonyl (C=S) groups is 1. The van der Waals surface area contributed by atoms with Crippen LogP contribution >= 0.6 is 23.8 Å². The summed E-state index contributed by atoms with van der Waals surface area (Å²) in [6, 6.07) is 13.1. The zero-order valence-corrected chi connectivity index (χ0v) is 16.7. The fourth-order valence-corrected chi connectivity index (χ4v) is 3.01. The minimum absolute atomic E-state index is 0.0878. The number of nitrogens with zero attached hydrogens (tertiary/aromatic N) is 1. The Hall–Kier alpha value is -2.44. The Labute approximate surface area is 168 Å². The maximum absolute atomic E-state index is 11.7. The SMILES string of the molecule is CC(C)CC(=O)NC(=S)Nc1ccc(Cc2nc3cc(Cl)ccc3o2)cc1. The highest BCUT2D eigenvalue weighted by atomic mass is 35.5. The molecule has 0 fully saturated rings. The standard InChI is InChI=1S/C20H20ClN3O2S/c1-12(2)9-18(25)24-20(27)22-15-6-3-13(4-7-15)10-19-23-16-11-14(21)5-8-17(16)26-19/h3-8,11-12H,9-10H2,1-2H3,(H2,22,24,25,27). The van der Waals surface area contributed by atoms with E-state index in [-0.39, 0.29) is 11.8 Å². The van der Waals surface area contributed by atoms with Gasteiger partial charge in [-0.15, -0.1) is 0 Å². The minimum atomic E-state index is -0.0878. The number of amides is 1. The van der Waals surface area contributed by atoms with Gasteiger partial charge in [0.15, 0.2) is 16.6 Å². The van der Waals surface area contributed by atoms with Gasteiger partial charge in [-0.2, -0.15) is 0 Å². The number of fused-ring (bicyclic) bond motifs is 1. The lowest BCUT2D eigenvalue weighted by atomic mass is 10.1. The average Bonchev–Trinajstić information content (AvgIpc) is 2.97. The monoisotopic (exact) mass is 401 g/mol. The van der Waals surface area contributed by atoms with Gasteiger partial charge in [-0.3, -0.25) is 4.79 Å². The molecule has 0 aliphatic carbocycles. The molecule has 0 saturated carbocycles. The highest BCUT2D eigenvalue weighted by molar-refractivity contribution is 7.80. The summed E-state index contributed by atoms with van der Waals surface area (Å²) in [6.45, 7) is 3.97. The molecule has 27 heavy (non-hydrogen) atoms. The molecule has 0 bridgehead atoms. The number of benzene rings is 2. The molecule has 7 heteroatoms. The van der Waals surface area contributed by atoms with Gasteiger partial charge >= 0.3 is 0 Å². The third-order valence-electron chi connectivity index (χ3n) is 3.81. The van der Waals surface area contributed by atoms with Crippen molar-refractivity contribution >= 4 is 51.6 Å². The highest BCUT2D eigenvalue weighted by Gasteiger charge is 2.09. The van der Waals surface area contributed by atoms with E-state index >= 15 is 0 Å². The van der Waals surface area contributed by atoms with E-state index in [4.69, 9.17) is 28.2 Å². The molecule has 0 aliphatic heterocycles. The molecule has 2 aromatic carbocycles. The number of carbonyl (C=O) groups is 1. The number of carbonyl (C=O) groups excluding carboxylic acids is 1. The van der Waals surface area contributed by atoms with Crippen molar-refractivity contribution in [3.63, 3.8) is 0 Å². The lowest BCUT2D eigenvalue weighted by Crippen LogP contribution is -2.34. The lowest BCUT2D eigenvalue weighted by Gasteiger charge is -2.11. The molecule has 3 rings (SSSR count). The Morgan fingerprint density at radius 1 is 1.22 bits per heavy atom. The van der Waals surface area contributed by atoms with Gasteiger partial charge in [-0.1, -0.05) is 37.6 Å². The summed E-state index contributed by atoms with van der Waals surface area (Å²) in [5.41, 5.74) is 3.32. The molecule has 0 radical (unpaired) electrons. The first-order chi connectivity index (χ1) is 12.9. The van der Waals surface area contributed by atoms with Crippen LogP contribution in [0.3, 0.4) is 0 Å². The first-order valence-electron chi connectivity index (χ1n) is 8.64. The molecule has 1 heterocycles. The second-order valence-electron chi connectivity index (χ2n) is 6.69. The molecule has 1 aromatic heterocycles. The van der Waals surface area contributed by atoms with Gasteiger partial charge in [0.05, 0.1) is 0 Å². The van der Waals surface area contributed by atoms with Gasteiger partial charge in [-0.05, 0) is 54.0 Å². The third-order valence-corrected chi connectivity index (χ3v) is 4.25. The fraction of sp³-hybridized carbons (Fsp3) is 0.250. The van der Waals surface area contributed by atoms with Crippen molar-refractivity contribution in [2.24, 2.45) is 5.92 Å². The van der Waals surface area contributed by atoms with Crippen molar-refractivity contribution in [3.8, 4) is 0 Å². The second kappa shape index (κ2) is 8.50. The molecular formula is C20H20ClN3O2S. The molecule has 5 nitrogen and oxygen atoms in total. The average molecular weight is 402 g/mol. The van der Waals surface area contributed by atoms with Gasteiger partial charge < -0.3 is 15.1 Å². The highest BCUT2D eigenvalue weighted by Crippen LogP contribution is 2.22. The normalized spacial score (nSPS) is 11.0. The largest absolute Gasteiger partial charge is 0.440 e. The molecule has 0 aliphatic rings. The Morgan fingerprint density at radius 2 is 1.96 bits per heavy atom. The summed E-state index contributed by atoms with van der Waals surface area (Å²) in [4.78, 5) is 16.2. The van der Waals surface area contributed by atoms with E-state index in [0.717, 1.165) is 22.4 Å². The Balaban J connectivity index is 1.59. The molecule has 3 aromatic rings. The van der Waals surface area contributed by atoms with Crippen molar-refractivity contribution in [3.05, 3.63) is 58.9 Å². The van der Waals surface area contributed by atoms with Crippen LogP contribution in [-0.4, -0.2) is 16.0 Å². The molecular weight excluding hydrogens is 382 g/mol. The van der Waals surface area contributed by atoms with Crippen LogP contribution in [0, 0.1) is 5.92 Å². The zero-order valence-electron chi connectivity index (χ0n) is 15.1. The Kier molecular flexibility index (Phi) is 6.08. The van der Waals surface area contributed by atoms with E-state index in [1.54, 1.807) is 12.1 Å². The molecule has 0 unspecified atom stereocenters. The molecule has 0 spiro atoms. The molecule has 2 N–H and O–H groups in total. The van der Waals surface area contributed by atoms with E-state index in [0.29, 0.717) is 28.9 Å². The maximum Gasteiger partial charge on any atom is 0.226 e. The lowest BCUT2D eigenvalue weighted by molar-refractivity contribution is -0.120. The summed E-state index contributed by atoms with van der Waals surface area (Å²) >= 11 is 11.1. The van der Waals surface area contributed by atoms with E-state index in [1.165, 1.54) is 0 Å². The summed E-state index contributed by atoms with van der Waals surface area (Å²) in [7, 11) is 0. The quantitative estimate of drug-likeness (QED) is 0.593. The number of aromatic nitrogens is 1. The number of hydrogen-bond donors (Lipinski definition) is 2. The van der Waals surface area contributed by atoms with Crippen LogP contribution in [0.5, 0.6) is 0 Å². The van der Waals surface area contributed by atoms with Crippen molar-refractivity contribution < 1.29 is 9.21 Å². The smallest absolute Gasteiger partial charge is 0.226 e. The van der Waals surface area contributed by atoms with Crippen LogP contribution in [0.1, 0.15) is 31.7 Å². The van der Waals surface area contributed by atoms with Crippen LogP contribution in [0.4, 0.5) is 5.69 Å². The Bertz CT molecular complexity index is 967. The maximum atomic E-state index is 11.7. The predicted molar refractivity (Wildman–Crippen MR) is 112 cm³/mol. The summed E-state index contributed by atoms with van der Waals surface area (Å²) in [5, 5.41) is 6.62. The number of hydrogen-bond acceptors (Lipinski definition) is 4. The second-order valence-corrected chi connectivity index (χ2v) is 7.54. The van der Waals surface area contributed by atoms with Crippen LogP contribution in [-0.2, 0) is 11.2 Å². The van der Waals surface area contributed by atoms with Crippen LogP contribution < -0.4 is 10.6 Å². The van der Waals surface area contributed by atoms with Crippen LogP contribution in [0.25, 0.3) is 11.1 Å². The topological polar surface area (TPSA) is 67.2 Å². The van der Waals surface area contributed by atoms with Crippen LogP contribution in [0.2, 0.25) is 5.02 Å². The van der Waals surface area contributed by atoms with Gasteiger partial charge in [0.2, 0.25) is 5.91 Å². The predicted octanol–water partition coefficient (Wildman–Crippen LogP) is 4.93. The summed E-state index contributed by atoms with van der Waals surface area (Å²) < 4.78 is 5.74. The van der Waals surface area contributed by atoms with Gasteiger partial charge in [0.1, 0.15) is 5.52 Å². The van der Waals surface area contributed by atoms with E-state index in [9.17, 15) is 4.79 Å².